The summed E-state index contributed by atoms with van der Waals surface area (Å²) in [6.45, 7) is 1.61. The van der Waals surface area contributed by atoms with Crippen LogP contribution in [0.2, 0.25) is 0 Å². The number of hydrogen-bond acceptors (Lipinski definition) is 7. The van der Waals surface area contributed by atoms with Crippen molar-refractivity contribution >= 4 is 29.3 Å². The van der Waals surface area contributed by atoms with E-state index < -0.39 is 0 Å². The number of morpholine rings is 1. The Morgan fingerprint density at radius 1 is 1.06 bits per heavy atom. The van der Waals surface area contributed by atoms with Crippen molar-refractivity contribution in [3.63, 3.8) is 0 Å². The monoisotopic (exact) mass is 477 g/mol. The van der Waals surface area contributed by atoms with Crippen LogP contribution < -0.4 is 14.8 Å². The van der Waals surface area contributed by atoms with Gasteiger partial charge in [0.15, 0.2) is 11.5 Å². The Bertz CT molecular complexity index is 1190. The number of carbonyl (C=O) groups is 2. The number of nitrogens with zero attached hydrogens (tertiary/aromatic N) is 2. The predicted octanol–water partition coefficient (Wildman–Crippen LogP) is 3.75. The van der Waals surface area contributed by atoms with E-state index in [0.29, 0.717) is 47.5 Å². The van der Waals surface area contributed by atoms with Crippen molar-refractivity contribution in [1.82, 2.24) is 9.88 Å². The van der Waals surface area contributed by atoms with Crippen molar-refractivity contribution in [2.45, 2.75) is 11.1 Å². The molecule has 2 amide bonds. The lowest BCUT2D eigenvalue weighted by atomic mass is 10.1. The molecule has 0 saturated carbocycles. The summed E-state index contributed by atoms with van der Waals surface area (Å²) < 4.78 is 16.5. The van der Waals surface area contributed by atoms with Gasteiger partial charge in [-0.3, -0.25) is 9.59 Å². The first-order chi connectivity index (χ1) is 16.7. The lowest BCUT2D eigenvalue weighted by Crippen LogP contribution is -2.42. The van der Waals surface area contributed by atoms with Gasteiger partial charge >= 0.3 is 0 Å². The van der Waals surface area contributed by atoms with Crippen LogP contribution in [0, 0.1) is 0 Å². The van der Waals surface area contributed by atoms with Gasteiger partial charge in [-0.1, -0.05) is 42.1 Å². The van der Waals surface area contributed by atoms with E-state index in [1.807, 2.05) is 30.3 Å². The Hall–Kier alpha value is -3.56. The molecule has 0 aliphatic carbocycles. The third kappa shape index (κ3) is 5.00. The first-order valence-electron chi connectivity index (χ1n) is 10.9. The third-order valence-corrected chi connectivity index (χ3v) is 6.53. The summed E-state index contributed by atoms with van der Waals surface area (Å²) in [5.41, 5.74) is 2.14. The van der Waals surface area contributed by atoms with Crippen molar-refractivity contribution in [2.75, 3.05) is 37.6 Å². The van der Waals surface area contributed by atoms with Crippen LogP contribution in [-0.4, -0.2) is 53.9 Å². The quantitative estimate of drug-likeness (QED) is 0.541. The molecule has 1 atom stereocenters. The number of amides is 2. The zero-order valence-corrected chi connectivity index (χ0v) is 19.1. The van der Waals surface area contributed by atoms with E-state index in [-0.39, 0.29) is 30.5 Å². The van der Waals surface area contributed by atoms with E-state index in [1.165, 1.54) is 11.8 Å². The van der Waals surface area contributed by atoms with Gasteiger partial charge < -0.3 is 24.4 Å². The number of thioether (sulfide) groups is 1. The fraction of sp³-hybridized carbons (Fsp3) is 0.240. The third-order valence-electron chi connectivity index (χ3n) is 5.52. The van der Waals surface area contributed by atoms with E-state index in [0.717, 1.165) is 5.56 Å². The molecule has 2 aliphatic rings. The first kappa shape index (κ1) is 22.2. The van der Waals surface area contributed by atoms with Crippen LogP contribution in [0.15, 0.2) is 71.9 Å². The first-order valence-corrected chi connectivity index (χ1v) is 11.9. The second kappa shape index (κ2) is 10.1. The molecule has 0 spiro atoms. The number of fused-ring (bicyclic) bond motifs is 1. The Balaban J connectivity index is 1.22. The number of benzene rings is 2. The van der Waals surface area contributed by atoms with Gasteiger partial charge in [-0.25, -0.2) is 4.98 Å². The van der Waals surface area contributed by atoms with Gasteiger partial charge in [0.05, 0.1) is 24.5 Å². The minimum absolute atomic E-state index is 0.113. The van der Waals surface area contributed by atoms with Crippen molar-refractivity contribution in [3.8, 4) is 11.5 Å². The molecule has 2 aromatic carbocycles. The fourth-order valence-electron chi connectivity index (χ4n) is 3.85. The summed E-state index contributed by atoms with van der Waals surface area (Å²) in [4.78, 5) is 32.0. The molecule has 0 radical (unpaired) electrons. The molecule has 0 bridgehead atoms. The average Bonchev–Trinajstić information content (AvgIpc) is 3.36. The van der Waals surface area contributed by atoms with Crippen LogP contribution in [0.4, 0.5) is 5.69 Å². The fourth-order valence-corrected chi connectivity index (χ4v) is 4.63. The molecule has 34 heavy (non-hydrogen) atoms. The van der Waals surface area contributed by atoms with Gasteiger partial charge in [0.2, 0.25) is 12.7 Å². The average molecular weight is 478 g/mol. The lowest BCUT2D eigenvalue weighted by Gasteiger charge is -2.33. The Morgan fingerprint density at radius 3 is 2.79 bits per heavy atom. The summed E-state index contributed by atoms with van der Waals surface area (Å²) in [6.07, 6.45) is 1.46. The highest BCUT2D eigenvalue weighted by atomic mass is 32.2. The van der Waals surface area contributed by atoms with Crippen molar-refractivity contribution in [3.05, 3.63) is 78.0 Å². The number of hydrogen-bond donors (Lipinski definition) is 1. The van der Waals surface area contributed by atoms with Crippen molar-refractivity contribution in [1.29, 1.82) is 0 Å². The van der Waals surface area contributed by atoms with E-state index in [4.69, 9.17) is 14.2 Å². The largest absolute Gasteiger partial charge is 0.454 e. The molecule has 2 aliphatic heterocycles. The van der Waals surface area contributed by atoms with Gasteiger partial charge in [-0.15, -0.1) is 0 Å². The summed E-state index contributed by atoms with van der Waals surface area (Å²) in [5, 5.41) is 3.37. The number of rotatable bonds is 6. The number of nitrogens with one attached hydrogen (secondary N) is 1. The molecule has 1 N–H and O–H groups in total. The van der Waals surface area contributed by atoms with Gasteiger partial charge in [0, 0.05) is 24.5 Å². The number of carbonyl (C=O) groups excluding carboxylic acids is 2. The maximum atomic E-state index is 13.3. The van der Waals surface area contributed by atoms with E-state index in [1.54, 1.807) is 41.4 Å². The van der Waals surface area contributed by atoms with E-state index in [2.05, 4.69) is 10.3 Å². The predicted molar refractivity (Wildman–Crippen MR) is 127 cm³/mol. The number of ether oxygens (including phenoxy) is 3. The highest BCUT2D eigenvalue weighted by Gasteiger charge is 2.28. The molecular weight excluding hydrogens is 454 g/mol. The SMILES string of the molecule is O=C(CSc1ncccc1C(=O)N1CCO[C@H](c2ccccc2)C1)Nc1ccc2c(c1)OCO2. The minimum atomic E-state index is -0.205. The molecule has 0 unspecified atom stereocenters. The molecule has 174 valence electrons. The maximum absolute atomic E-state index is 13.3. The van der Waals surface area contributed by atoms with E-state index >= 15 is 0 Å². The maximum Gasteiger partial charge on any atom is 0.256 e. The molecular formula is C25H23N3O5S. The highest BCUT2D eigenvalue weighted by molar-refractivity contribution is 8.00. The van der Waals surface area contributed by atoms with Gasteiger partial charge in [-0.2, -0.15) is 0 Å². The molecule has 8 nitrogen and oxygen atoms in total. The normalized spacial score (nSPS) is 16.8. The Labute approximate surface area is 201 Å². The minimum Gasteiger partial charge on any atom is -0.454 e. The molecule has 3 aromatic rings. The summed E-state index contributed by atoms with van der Waals surface area (Å²) in [6, 6.07) is 18.6. The Morgan fingerprint density at radius 2 is 1.91 bits per heavy atom. The standard InChI is InChI=1S/C25H23N3O5S/c29-23(27-18-8-9-20-21(13-18)33-16-32-20)15-34-24-19(7-4-10-26-24)25(30)28-11-12-31-22(14-28)17-5-2-1-3-6-17/h1-10,13,22H,11-12,14-16H2,(H,27,29)/t22-/m0/s1. The molecule has 3 heterocycles. The van der Waals surface area contributed by atoms with Crippen LogP contribution in [-0.2, 0) is 9.53 Å². The van der Waals surface area contributed by atoms with Gasteiger partial charge in [0.1, 0.15) is 11.1 Å². The van der Waals surface area contributed by atoms with Crippen LogP contribution in [0.3, 0.4) is 0 Å². The van der Waals surface area contributed by atoms with Gasteiger partial charge in [0.25, 0.3) is 5.91 Å². The number of aromatic nitrogens is 1. The second-order valence-corrected chi connectivity index (χ2v) is 8.75. The summed E-state index contributed by atoms with van der Waals surface area (Å²) in [7, 11) is 0. The number of pyridine rings is 1. The molecule has 9 heteroatoms. The second-order valence-electron chi connectivity index (χ2n) is 7.78. The van der Waals surface area contributed by atoms with Crippen molar-refractivity contribution < 1.29 is 23.8 Å². The smallest absolute Gasteiger partial charge is 0.256 e. The lowest BCUT2D eigenvalue weighted by molar-refractivity contribution is -0.113. The van der Waals surface area contributed by atoms with E-state index in [9.17, 15) is 9.59 Å². The zero-order valence-electron chi connectivity index (χ0n) is 18.3. The van der Waals surface area contributed by atoms with Crippen LogP contribution >= 0.6 is 11.8 Å². The van der Waals surface area contributed by atoms with Crippen LogP contribution in [0.1, 0.15) is 22.0 Å². The Kier molecular flexibility index (Phi) is 6.64. The molecule has 1 fully saturated rings. The highest BCUT2D eigenvalue weighted by Crippen LogP contribution is 2.34. The van der Waals surface area contributed by atoms with Gasteiger partial charge in [-0.05, 0) is 29.8 Å². The molecule has 5 rings (SSSR count). The van der Waals surface area contributed by atoms with Crippen LogP contribution in [0.5, 0.6) is 11.5 Å². The summed E-state index contributed by atoms with van der Waals surface area (Å²) in [5.74, 6) is 1.05. The number of anilines is 1. The van der Waals surface area contributed by atoms with Crippen molar-refractivity contribution in [2.24, 2.45) is 0 Å². The molecule has 1 saturated heterocycles. The molecule has 1 aromatic heterocycles. The summed E-state index contributed by atoms with van der Waals surface area (Å²) >= 11 is 1.23. The zero-order chi connectivity index (χ0) is 23.3. The topological polar surface area (TPSA) is 90.0 Å². The van der Waals surface area contributed by atoms with Crippen LogP contribution in [0.25, 0.3) is 0 Å².